The molecule has 0 unspecified atom stereocenters. The van der Waals surface area contributed by atoms with Gasteiger partial charge in [0, 0.05) is 0 Å². The SMILES string of the molecule is COc1cc(/C=C/C(=O)CC(=O)/C=C/c2ccc(OCc3ccccc3)c(OC)c2)ccc1OCc1ccccc1. The van der Waals surface area contributed by atoms with Crippen LogP contribution in [-0.2, 0) is 22.8 Å². The summed E-state index contributed by atoms with van der Waals surface area (Å²) in [4.78, 5) is 24.8. The van der Waals surface area contributed by atoms with Gasteiger partial charge >= 0.3 is 0 Å². The summed E-state index contributed by atoms with van der Waals surface area (Å²) in [5, 5.41) is 0. The third kappa shape index (κ3) is 8.97. The van der Waals surface area contributed by atoms with E-state index in [-0.39, 0.29) is 18.0 Å². The summed E-state index contributed by atoms with van der Waals surface area (Å²) < 4.78 is 22.7. The van der Waals surface area contributed by atoms with Gasteiger partial charge in [0.1, 0.15) is 13.2 Å². The lowest BCUT2D eigenvalue weighted by Crippen LogP contribution is -2.02. The van der Waals surface area contributed by atoms with E-state index in [2.05, 4.69) is 0 Å². The lowest BCUT2D eigenvalue weighted by molar-refractivity contribution is -0.121. The van der Waals surface area contributed by atoms with Crippen LogP contribution < -0.4 is 18.9 Å². The quantitative estimate of drug-likeness (QED) is 0.123. The van der Waals surface area contributed by atoms with Crippen LogP contribution in [0.2, 0.25) is 0 Å². The zero-order chi connectivity index (χ0) is 28.9. The average molecular weight is 549 g/mol. The number of allylic oxidation sites excluding steroid dienone is 2. The van der Waals surface area contributed by atoms with Crippen LogP contribution in [0.5, 0.6) is 23.0 Å². The molecule has 0 radical (unpaired) electrons. The van der Waals surface area contributed by atoms with Gasteiger partial charge in [-0.15, -0.1) is 0 Å². The summed E-state index contributed by atoms with van der Waals surface area (Å²) >= 11 is 0. The summed E-state index contributed by atoms with van der Waals surface area (Å²) in [5.41, 5.74) is 3.61. The molecule has 0 bridgehead atoms. The third-order valence-electron chi connectivity index (χ3n) is 6.12. The first kappa shape index (κ1) is 28.9. The van der Waals surface area contributed by atoms with E-state index in [0.29, 0.717) is 36.2 Å². The van der Waals surface area contributed by atoms with Gasteiger partial charge in [-0.05, 0) is 58.7 Å². The number of methoxy groups -OCH3 is 2. The van der Waals surface area contributed by atoms with Crippen molar-refractivity contribution in [3.8, 4) is 23.0 Å². The molecule has 0 aliphatic heterocycles. The maximum Gasteiger partial charge on any atom is 0.163 e. The number of rotatable bonds is 14. The molecule has 6 nitrogen and oxygen atoms in total. The van der Waals surface area contributed by atoms with Gasteiger partial charge in [-0.3, -0.25) is 9.59 Å². The van der Waals surface area contributed by atoms with Gasteiger partial charge in [0.2, 0.25) is 0 Å². The van der Waals surface area contributed by atoms with Crippen LogP contribution in [0.3, 0.4) is 0 Å². The van der Waals surface area contributed by atoms with Gasteiger partial charge in [0.05, 0.1) is 20.6 Å². The number of carbonyl (C=O) groups excluding carboxylic acids is 2. The predicted molar refractivity (Wildman–Crippen MR) is 160 cm³/mol. The van der Waals surface area contributed by atoms with E-state index in [0.717, 1.165) is 22.3 Å². The molecule has 0 aliphatic rings. The van der Waals surface area contributed by atoms with Gasteiger partial charge in [-0.2, -0.15) is 0 Å². The van der Waals surface area contributed by atoms with Gasteiger partial charge in [-0.1, -0.05) is 84.9 Å². The van der Waals surface area contributed by atoms with Crippen molar-refractivity contribution in [1.82, 2.24) is 0 Å². The highest BCUT2D eigenvalue weighted by atomic mass is 16.5. The Balaban J connectivity index is 1.29. The van der Waals surface area contributed by atoms with Gasteiger partial charge < -0.3 is 18.9 Å². The Morgan fingerprint density at radius 3 is 1.37 bits per heavy atom. The molecule has 0 aromatic heterocycles. The van der Waals surface area contributed by atoms with E-state index in [1.807, 2.05) is 72.8 Å². The molecule has 4 rings (SSSR count). The maximum absolute atomic E-state index is 12.4. The molecule has 208 valence electrons. The minimum atomic E-state index is -0.301. The van der Waals surface area contributed by atoms with E-state index < -0.39 is 0 Å². The summed E-state index contributed by atoms with van der Waals surface area (Å²) in [7, 11) is 3.13. The Labute approximate surface area is 240 Å². The molecular weight excluding hydrogens is 516 g/mol. The number of benzene rings is 4. The highest BCUT2D eigenvalue weighted by molar-refractivity contribution is 6.10. The Morgan fingerprint density at radius 2 is 0.976 bits per heavy atom. The minimum absolute atomic E-state index is 0.238. The summed E-state index contributed by atoms with van der Waals surface area (Å²) in [6.07, 6.45) is 5.86. The van der Waals surface area contributed by atoms with Crippen LogP contribution in [-0.4, -0.2) is 25.8 Å². The number of ketones is 2. The molecule has 6 heteroatoms. The molecule has 4 aromatic carbocycles. The summed E-state index contributed by atoms with van der Waals surface area (Å²) in [5.74, 6) is 1.72. The Hall–Kier alpha value is -5.10. The topological polar surface area (TPSA) is 71.1 Å². The van der Waals surface area contributed by atoms with Crippen LogP contribution in [0.4, 0.5) is 0 Å². The van der Waals surface area contributed by atoms with Crippen molar-refractivity contribution < 1.29 is 28.5 Å². The molecule has 0 saturated heterocycles. The molecular formula is C35H32O6. The lowest BCUT2D eigenvalue weighted by atomic mass is 10.1. The minimum Gasteiger partial charge on any atom is -0.493 e. The average Bonchev–Trinajstić information content (AvgIpc) is 3.02. The van der Waals surface area contributed by atoms with Crippen molar-refractivity contribution in [3.63, 3.8) is 0 Å². The van der Waals surface area contributed by atoms with E-state index in [1.54, 1.807) is 50.6 Å². The van der Waals surface area contributed by atoms with Crippen LogP contribution in [0.15, 0.2) is 109 Å². The maximum atomic E-state index is 12.4. The molecule has 0 N–H and O–H groups in total. The molecule has 0 fully saturated rings. The zero-order valence-electron chi connectivity index (χ0n) is 23.1. The van der Waals surface area contributed by atoms with Gasteiger partial charge in [0.15, 0.2) is 34.6 Å². The zero-order valence-corrected chi connectivity index (χ0v) is 23.1. The second kappa shape index (κ2) is 14.9. The van der Waals surface area contributed by atoms with Crippen molar-refractivity contribution >= 4 is 23.7 Å². The van der Waals surface area contributed by atoms with E-state index in [1.165, 1.54) is 12.2 Å². The first-order valence-corrected chi connectivity index (χ1v) is 13.2. The van der Waals surface area contributed by atoms with Crippen molar-refractivity contribution in [2.75, 3.05) is 14.2 Å². The summed E-state index contributed by atoms with van der Waals surface area (Å²) in [6.45, 7) is 0.832. The second-order valence-electron chi connectivity index (χ2n) is 9.15. The molecule has 0 saturated carbocycles. The highest BCUT2D eigenvalue weighted by Gasteiger charge is 2.09. The fourth-order valence-electron chi connectivity index (χ4n) is 3.95. The smallest absolute Gasteiger partial charge is 0.163 e. The van der Waals surface area contributed by atoms with E-state index in [4.69, 9.17) is 18.9 Å². The van der Waals surface area contributed by atoms with Gasteiger partial charge in [0.25, 0.3) is 0 Å². The summed E-state index contributed by atoms with van der Waals surface area (Å²) in [6, 6.07) is 30.5. The highest BCUT2D eigenvalue weighted by Crippen LogP contribution is 2.30. The number of carbonyl (C=O) groups is 2. The van der Waals surface area contributed by atoms with Crippen LogP contribution in [0, 0.1) is 0 Å². The predicted octanol–water partition coefficient (Wildman–Crippen LogP) is 7.12. The molecule has 0 heterocycles. The molecule has 0 aliphatic carbocycles. The normalized spacial score (nSPS) is 11.0. The molecule has 41 heavy (non-hydrogen) atoms. The first-order valence-electron chi connectivity index (χ1n) is 13.2. The Bertz CT molecular complexity index is 1390. The van der Waals surface area contributed by atoms with Crippen molar-refractivity contribution in [3.05, 3.63) is 131 Å². The monoisotopic (exact) mass is 548 g/mol. The Kier molecular flexibility index (Phi) is 10.5. The molecule has 4 aromatic rings. The largest absolute Gasteiger partial charge is 0.493 e. The van der Waals surface area contributed by atoms with Crippen LogP contribution in [0.25, 0.3) is 12.2 Å². The fourth-order valence-corrected chi connectivity index (χ4v) is 3.95. The number of hydrogen-bond donors (Lipinski definition) is 0. The van der Waals surface area contributed by atoms with Crippen molar-refractivity contribution in [2.45, 2.75) is 19.6 Å². The third-order valence-corrected chi connectivity index (χ3v) is 6.12. The fraction of sp³-hybridized carbons (Fsp3) is 0.143. The number of ether oxygens (including phenoxy) is 4. The van der Waals surface area contributed by atoms with Crippen LogP contribution >= 0.6 is 0 Å². The number of hydrogen-bond acceptors (Lipinski definition) is 6. The molecule has 0 atom stereocenters. The van der Waals surface area contributed by atoms with Crippen molar-refractivity contribution in [2.24, 2.45) is 0 Å². The van der Waals surface area contributed by atoms with Gasteiger partial charge in [-0.25, -0.2) is 0 Å². The van der Waals surface area contributed by atoms with E-state index >= 15 is 0 Å². The van der Waals surface area contributed by atoms with E-state index in [9.17, 15) is 9.59 Å². The van der Waals surface area contributed by atoms with Crippen molar-refractivity contribution in [1.29, 1.82) is 0 Å². The molecule has 0 amide bonds. The lowest BCUT2D eigenvalue weighted by Gasteiger charge is -2.11. The standard InChI is InChI=1S/C35H32O6/c1-38-34-21-26(15-19-32(34)40-24-28-9-5-3-6-10-28)13-17-30(36)23-31(37)18-14-27-16-20-33(35(22-27)39-2)41-25-29-11-7-4-8-12-29/h3-22H,23-25H2,1-2H3/b17-13+,18-14+. The second-order valence-corrected chi connectivity index (χ2v) is 9.15. The Morgan fingerprint density at radius 1 is 0.561 bits per heavy atom. The molecule has 0 spiro atoms. The van der Waals surface area contributed by atoms with Crippen LogP contribution in [0.1, 0.15) is 28.7 Å². The first-order chi connectivity index (χ1) is 20.0.